The summed E-state index contributed by atoms with van der Waals surface area (Å²) < 4.78 is 15.2. The van der Waals surface area contributed by atoms with Gasteiger partial charge in [-0.15, -0.1) is 0 Å². The molecule has 0 aliphatic rings. The molecule has 2 heterocycles. The highest BCUT2D eigenvalue weighted by Crippen LogP contribution is 2.34. The highest BCUT2D eigenvalue weighted by molar-refractivity contribution is 6.18. The van der Waals surface area contributed by atoms with Crippen LogP contribution >= 0.6 is 0 Å². The van der Waals surface area contributed by atoms with Gasteiger partial charge in [0.25, 0.3) is 0 Å². The molecule has 0 saturated carbocycles. The molecule has 0 spiro atoms. The van der Waals surface area contributed by atoms with Gasteiger partial charge in [0.2, 0.25) is 11.5 Å². The van der Waals surface area contributed by atoms with Gasteiger partial charge < -0.3 is 19.1 Å². The van der Waals surface area contributed by atoms with Crippen molar-refractivity contribution in [2.45, 2.75) is 0 Å². The molecule has 1 N–H and O–H groups in total. The third kappa shape index (κ3) is 4.26. The monoisotopic (exact) mass is 457 g/mol. The maximum Gasteiger partial charge on any atom is 0.341 e. The van der Waals surface area contributed by atoms with Crippen molar-refractivity contribution in [3.8, 4) is 28.3 Å². The first-order valence-corrected chi connectivity index (χ1v) is 10.1. The second kappa shape index (κ2) is 9.78. The van der Waals surface area contributed by atoms with E-state index in [0.717, 1.165) is 0 Å². The number of carbonyl (C=O) groups is 2. The molecule has 0 aliphatic heterocycles. The first kappa shape index (κ1) is 22.4. The standard InChI is InChI=1S/C25H19N3O6/c1-32-13-19(25(31)33-2)15-6-3-4-7-16(15)21-12-22(34-28-21)24(30)18-9-5-8-17(23(18)29)20-10-11-26-14-27-20/h3-14,29H,1-2H3. The maximum atomic E-state index is 13.1. The van der Waals surface area contributed by atoms with E-state index < -0.39 is 11.8 Å². The fraction of sp³-hybridized carbons (Fsp3) is 0.0800. The quantitative estimate of drug-likeness (QED) is 0.190. The number of esters is 1. The van der Waals surface area contributed by atoms with Crippen molar-refractivity contribution in [2.75, 3.05) is 14.2 Å². The van der Waals surface area contributed by atoms with Crippen molar-refractivity contribution in [1.29, 1.82) is 0 Å². The van der Waals surface area contributed by atoms with Crippen LogP contribution in [0.4, 0.5) is 0 Å². The molecule has 4 rings (SSSR count). The molecule has 0 fully saturated rings. The van der Waals surface area contributed by atoms with Crippen molar-refractivity contribution < 1.29 is 28.7 Å². The molecule has 34 heavy (non-hydrogen) atoms. The number of hydrogen-bond donors (Lipinski definition) is 1. The van der Waals surface area contributed by atoms with Crippen LogP contribution in [0.5, 0.6) is 5.75 Å². The number of phenolic OH excluding ortho intramolecular Hbond substituents is 1. The summed E-state index contributed by atoms with van der Waals surface area (Å²) in [6.45, 7) is 0. The number of rotatable bonds is 7. The lowest BCUT2D eigenvalue weighted by molar-refractivity contribution is -0.133. The third-order valence-electron chi connectivity index (χ3n) is 5.01. The van der Waals surface area contributed by atoms with E-state index in [4.69, 9.17) is 14.0 Å². The third-order valence-corrected chi connectivity index (χ3v) is 5.01. The van der Waals surface area contributed by atoms with E-state index in [9.17, 15) is 14.7 Å². The Morgan fingerprint density at radius 3 is 2.47 bits per heavy atom. The predicted molar refractivity (Wildman–Crippen MR) is 122 cm³/mol. The smallest absolute Gasteiger partial charge is 0.341 e. The van der Waals surface area contributed by atoms with E-state index in [1.54, 1.807) is 42.5 Å². The molecule has 0 unspecified atom stereocenters. The Morgan fingerprint density at radius 1 is 0.971 bits per heavy atom. The molecule has 0 bridgehead atoms. The van der Waals surface area contributed by atoms with Gasteiger partial charge in [-0.1, -0.05) is 35.5 Å². The van der Waals surface area contributed by atoms with Gasteiger partial charge in [0.05, 0.1) is 31.7 Å². The SMILES string of the molecule is COC=C(C(=O)OC)c1ccccc1-c1cc(C(=O)c2cccc(-c3ccncn3)c2O)on1. The Balaban J connectivity index is 1.72. The Bertz CT molecular complexity index is 1380. The van der Waals surface area contributed by atoms with Crippen molar-refractivity contribution >= 4 is 17.3 Å². The molecular formula is C25H19N3O6. The molecule has 0 atom stereocenters. The largest absolute Gasteiger partial charge is 0.506 e. The first-order chi connectivity index (χ1) is 16.5. The van der Waals surface area contributed by atoms with Crippen LogP contribution in [0.15, 0.2) is 77.9 Å². The number of phenols is 1. The summed E-state index contributed by atoms with van der Waals surface area (Å²) in [5.41, 5.74) is 2.38. The fourth-order valence-electron chi connectivity index (χ4n) is 3.42. The van der Waals surface area contributed by atoms with E-state index in [1.165, 1.54) is 45.1 Å². The molecule has 0 aliphatic carbocycles. The van der Waals surface area contributed by atoms with Crippen LogP contribution in [0.25, 0.3) is 28.1 Å². The average Bonchev–Trinajstić information content (AvgIpc) is 3.37. The zero-order valence-corrected chi connectivity index (χ0v) is 18.3. The minimum Gasteiger partial charge on any atom is -0.506 e. The zero-order valence-electron chi connectivity index (χ0n) is 18.3. The van der Waals surface area contributed by atoms with E-state index in [1.807, 2.05) is 0 Å². The molecule has 0 amide bonds. The summed E-state index contributed by atoms with van der Waals surface area (Å²) in [5, 5.41) is 14.8. The number of benzene rings is 2. The van der Waals surface area contributed by atoms with Gasteiger partial charge in [0.15, 0.2) is 0 Å². The second-order valence-corrected chi connectivity index (χ2v) is 7.01. The van der Waals surface area contributed by atoms with Crippen molar-refractivity contribution in [2.24, 2.45) is 0 Å². The van der Waals surface area contributed by atoms with Gasteiger partial charge >= 0.3 is 5.97 Å². The molecule has 0 radical (unpaired) electrons. The van der Waals surface area contributed by atoms with Gasteiger partial charge in [0, 0.05) is 29.0 Å². The van der Waals surface area contributed by atoms with E-state index in [0.29, 0.717) is 28.1 Å². The maximum absolute atomic E-state index is 13.1. The fourth-order valence-corrected chi connectivity index (χ4v) is 3.42. The molecular weight excluding hydrogens is 438 g/mol. The lowest BCUT2D eigenvalue weighted by Crippen LogP contribution is -2.05. The first-order valence-electron chi connectivity index (χ1n) is 10.1. The van der Waals surface area contributed by atoms with E-state index in [-0.39, 0.29) is 22.6 Å². The summed E-state index contributed by atoms with van der Waals surface area (Å²) in [7, 11) is 2.68. The Kier molecular flexibility index (Phi) is 6.45. The Hall–Kier alpha value is -4.79. The molecule has 4 aromatic rings. The van der Waals surface area contributed by atoms with E-state index in [2.05, 4.69) is 15.1 Å². The minimum atomic E-state index is -0.597. The van der Waals surface area contributed by atoms with Crippen LogP contribution < -0.4 is 0 Å². The Morgan fingerprint density at radius 2 is 1.74 bits per heavy atom. The topological polar surface area (TPSA) is 125 Å². The lowest BCUT2D eigenvalue weighted by Gasteiger charge is -2.09. The number of aromatic hydroxyl groups is 1. The van der Waals surface area contributed by atoms with Crippen LogP contribution in [0.2, 0.25) is 0 Å². The summed E-state index contributed by atoms with van der Waals surface area (Å²) >= 11 is 0. The number of carbonyl (C=O) groups excluding carboxylic acids is 2. The summed E-state index contributed by atoms with van der Waals surface area (Å²) in [5.74, 6) is -1.48. The number of methoxy groups -OCH3 is 2. The highest BCUT2D eigenvalue weighted by Gasteiger charge is 2.24. The minimum absolute atomic E-state index is 0.0293. The number of aromatic nitrogens is 3. The number of ether oxygens (including phenoxy) is 2. The summed E-state index contributed by atoms with van der Waals surface area (Å²) in [4.78, 5) is 33.4. The number of nitrogens with zero attached hydrogens (tertiary/aromatic N) is 3. The van der Waals surface area contributed by atoms with Crippen LogP contribution in [0.3, 0.4) is 0 Å². The molecule has 9 nitrogen and oxygen atoms in total. The van der Waals surface area contributed by atoms with Gasteiger partial charge in [-0.3, -0.25) is 4.79 Å². The molecule has 2 aromatic heterocycles. The Labute approximate surface area is 194 Å². The highest BCUT2D eigenvalue weighted by atomic mass is 16.5. The normalized spacial score (nSPS) is 11.2. The van der Waals surface area contributed by atoms with Crippen molar-refractivity contribution in [3.63, 3.8) is 0 Å². The molecule has 170 valence electrons. The van der Waals surface area contributed by atoms with Crippen LogP contribution in [-0.2, 0) is 14.3 Å². The molecule has 9 heteroatoms. The summed E-state index contributed by atoms with van der Waals surface area (Å²) in [6.07, 6.45) is 4.16. The van der Waals surface area contributed by atoms with Crippen LogP contribution in [-0.4, -0.2) is 46.2 Å². The number of ketones is 1. The molecule has 0 saturated heterocycles. The molecule has 2 aromatic carbocycles. The van der Waals surface area contributed by atoms with Gasteiger partial charge in [0.1, 0.15) is 23.3 Å². The predicted octanol–water partition coefficient (Wildman–Crippen LogP) is 3.90. The average molecular weight is 457 g/mol. The second-order valence-electron chi connectivity index (χ2n) is 7.01. The van der Waals surface area contributed by atoms with Crippen LogP contribution in [0, 0.1) is 0 Å². The lowest BCUT2D eigenvalue weighted by atomic mass is 9.97. The van der Waals surface area contributed by atoms with Crippen molar-refractivity contribution in [1.82, 2.24) is 15.1 Å². The van der Waals surface area contributed by atoms with Crippen molar-refractivity contribution in [3.05, 3.63) is 90.3 Å². The van der Waals surface area contributed by atoms with Gasteiger partial charge in [-0.2, -0.15) is 0 Å². The summed E-state index contributed by atoms with van der Waals surface area (Å²) in [6, 6.07) is 14.8. The van der Waals surface area contributed by atoms with Crippen LogP contribution in [0.1, 0.15) is 21.7 Å². The van der Waals surface area contributed by atoms with E-state index >= 15 is 0 Å². The van der Waals surface area contributed by atoms with Gasteiger partial charge in [-0.25, -0.2) is 14.8 Å². The zero-order chi connectivity index (χ0) is 24.1. The van der Waals surface area contributed by atoms with Gasteiger partial charge in [-0.05, 0) is 18.2 Å². The number of hydrogen-bond acceptors (Lipinski definition) is 9. The number of para-hydroxylation sites is 1.